The van der Waals surface area contributed by atoms with Gasteiger partial charge in [-0.25, -0.2) is 13.8 Å². The molecule has 4 rings (SSSR count). The van der Waals surface area contributed by atoms with Gasteiger partial charge in [-0.1, -0.05) is 42.5 Å². The highest BCUT2D eigenvalue weighted by Gasteiger charge is 2.27. The van der Waals surface area contributed by atoms with Gasteiger partial charge in [-0.3, -0.25) is 4.90 Å². The number of aromatic nitrogens is 1. The average Bonchev–Trinajstić information content (AvgIpc) is 2.74. The molecular weight excluding hydrogens is 365 g/mol. The van der Waals surface area contributed by atoms with E-state index >= 15 is 0 Å². The van der Waals surface area contributed by atoms with Crippen LogP contribution in [-0.2, 0) is 6.67 Å². The highest BCUT2D eigenvalue weighted by Crippen LogP contribution is 2.32. The zero-order valence-electron chi connectivity index (χ0n) is 15.3. The van der Waals surface area contributed by atoms with Crippen LogP contribution in [0, 0.1) is 5.95 Å². The van der Waals surface area contributed by atoms with Crippen molar-refractivity contribution in [2.45, 2.75) is 31.9 Å². The van der Waals surface area contributed by atoms with Crippen molar-refractivity contribution < 1.29 is 17.9 Å². The van der Waals surface area contributed by atoms with Crippen molar-refractivity contribution in [2.24, 2.45) is 0 Å². The molecule has 1 saturated heterocycles. The van der Waals surface area contributed by atoms with Crippen LogP contribution in [0.4, 0.5) is 13.2 Å². The lowest BCUT2D eigenvalue weighted by molar-refractivity contribution is 0.0233. The summed E-state index contributed by atoms with van der Waals surface area (Å²) < 4.78 is 47.9. The molecule has 1 fully saturated rings. The molecule has 1 aromatic heterocycles. The summed E-state index contributed by atoms with van der Waals surface area (Å²) in [6.07, 6.45) is -0.0464. The summed E-state index contributed by atoms with van der Waals surface area (Å²) in [6.45, 7) is 0.368. The molecule has 0 N–H and O–H groups in total. The topological polar surface area (TPSA) is 25.4 Å². The zero-order chi connectivity index (χ0) is 19.5. The molecule has 28 heavy (non-hydrogen) atoms. The molecule has 0 amide bonds. The number of pyridine rings is 1. The van der Waals surface area contributed by atoms with Crippen LogP contribution in [0.5, 0.6) is 5.75 Å². The van der Waals surface area contributed by atoms with E-state index in [4.69, 9.17) is 4.74 Å². The lowest BCUT2D eigenvalue weighted by Gasteiger charge is -2.34. The Bertz CT molecular complexity index is 943. The summed E-state index contributed by atoms with van der Waals surface area (Å²) in [5, 5.41) is 0.589. The maximum absolute atomic E-state index is 14.7. The molecule has 0 saturated carbocycles. The number of rotatable bonds is 5. The zero-order valence-corrected chi connectivity index (χ0v) is 15.3. The average molecular weight is 386 g/mol. The minimum Gasteiger partial charge on any atom is -0.489 e. The fourth-order valence-electron chi connectivity index (χ4n) is 3.68. The number of ether oxygens (including phenoxy) is 1. The van der Waals surface area contributed by atoms with Gasteiger partial charge in [0.05, 0.1) is 5.52 Å². The van der Waals surface area contributed by atoms with Crippen molar-refractivity contribution >= 4 is 10.9 Å². The number of fused-ring (bicyclic) bond motifs is 1. The third-order valence-corrected chi connectivity index (χ3v) is 5.16. The first-order valence-electron chi connectivity index (χ1n) is 9.39. The second kappa shape index (κ2) is 8.19. The van der Waals surface area contributed by atoms with E-state index < -0.39 is 18.9 Å². The molecule has 146 valence electrons. The minimum absolute atomic E-state index is 0.154. The van der Waals surface area contributed by atoms with Crippen LogP contribution in [0.1, 0.15) is 30.3 Å². The molecule has 0 aliphatic carbocycles. The normalized spacial score (nSPS) is 17.0. The maximum atomic E-state index is 14.7. The SMILES string of the molecule is FCc1cccc2c(OC3CCN(C(F)c4ccccc4)CC3)cc(F)nc12. The fourth-order valence-corrected chi connectivity index (χ4v) is 3.68. The summed E-state index contributed by atoms with van der Waals surface area (Å²) in [5.74, 6) is -0.343. The fraction of sp³-hybridized carbons (Fsp3) is 0.318. The van der Waals surface area contributed by atoms with Crippen LogP contribution in [0.15, 0.2) is 54.6 Å². The predicted octanol–water partition coefficient (Wildman–Crippen LogP) is 5.35. The van der Waals surface area contributed by atoms with E-state index in [2.05, 4.69) is 4.98 Å². The van der Waals surface area contributed by atoms with Crippen molar-refractivity contribution in [3.05, 3.63) is 71.7 Å². The predicted molar refractivity (Wildman–Crippen MR) is 102 cm³/mol. The molecule has 6 heteroatoms. The van der Waals surface area contributed by atoms with Gasteiger partial charge < -0.3 is 4.74 Å². The highest BCUT2D eigenvalue weighted by atomic mass is 19.1. The summed E-state index contributed by atoms with van der Waals surface area (Å²) >= 11 is 0. The lowest BCUT2D eigenvalue weighted by atomic mass is 10.1. The van der Waals surface area contributed by atoms with Crippen molar-refractivity contribution in [1.29, 1.82) is 0 Å². The van der Waals surface area contributed by atoms with Crippen LogP contribution in [0.3, 0.4) is 0 Å². The molecular formula is C22H21F3N2O. The summed E-state index contributed by atoms with van der Waals surface area (Å²) in [4.78, 5) is 5.60. The van der Waals surface area contributed by atoms with Crippen LogP contribution in [0.25, 0.3) is 10.9 Å². The smallest absolute Gasteiger partial charge is 0.217 e. The Hall–Kier alpha value is -2.60. The number of likely N-dealkylation sites (tertiary alicyclic amines) is 1. The molecule has 1 atom stereocenters. The molecule has 3 aromatic rings. The van der Waals surface area contributed by atoms with Crippen LogP contribution < -0.4 is 4.74 Å². The Morgan fingerprint density at radius 1 is 1.07 bits per heavy atom. The molecule has 0 spiro atoms. The first-order chi connectivity index (χ1) is 13.7. The molecule has 0 radical (unpaired) electrons. The van der Waals surface area contributed by atoms with Gasteiger partial charge in [-0.2, -0.15) is 4.39 Å². The summed E-state index contributed by atoms with van der Waals surface area (Å²) in [6, 6.07) is 15.4. The van der Waals surface area contributed by atoms with E-state index in [9.17, 15) is 13.2 Å². The number of halogens is 3. The van der Waals surface area contributed by atoms with Gasteiger partial charge in [0.25, 0.3) is 0 Å². The molecule has 1 aliphatic heterocycles. The van der Waals surface area contributed by atoms with Gasteiger partial charge in [0.2, 0.25) is 5.95 Å². The second-order valence-corrected chi connectivity index (χ2v) is 6.99. The molecule has 2 heterocycles. The van der Waals surface area contributed by atoms with Gasteiger partial charge >= 0.3 is 0 Å². The monoisotopic (exact) mass is 386 g/mol. The summed E-state index contributed by atoms with van der Waals surface area (Å²) in [7, 11) is 0. The Morgan fingerprint density at radius 2 is 1.82 bits per heavy atom. The Kier molecular flexibility index (Phi) is 5.48. The van der Waals surface area contributed by atoms with Gasteiger partial charge in [-0.05, 0) is 18.9 Å². The molecule has 1 unspecified atom stereocenters. The number of para-hydroxylation sites is 1. The van der Waals surface area contributed by atoms with Gasteiger partial charge in [0.15, 0.2) is 6.30 Å². The Morgan fingerprint density at radius 3 is 2.54 bits per heavy atom. The Labute approximate surface area is 161 Å². The van der Waals surface area contributed by atoms with Gasteiger partial charge in [0, 0.05) is 35.7 Å². The molecule has 2 aromatic carbocycles. The van der Waals surface area contributed by atoms with Crippen molar-refractivity contribution in [3.8, 4) is 5.75 Å². The van der Waals surface area contributed by atoms with E-state index in [-0.39, 0.29) is 11.6 Å². The minimum atomic E-state index is -1.14. The number of piperidine rings is 1. The van der Waals surface area contributed by atoms with Gasteiger partial charge in [0.1, 0.15) is 18.5 Å². The van der Waals surface area contributed by atoms with Crippen molar-refractivity contribution in [3.63, 3.8) is 0 Å². The highest BCUT2D eigenvalue weighted by molar-refractivity contribution is 5.87. The largest absolute Gasteiger partial charge is 0.489 e. The quantitative estimate of drug-likeness (QED) is 0.436. The molecule has 0 bridgehead atoms. The lowest BCUT2D eigenvalue weighted by Crippen LogP contribution is -2.39. The number of hydrogen-bond donors (Lipinski definition) is 0. The molecule has 3 nitrogen and oxygen atoms in total. The second-order valence-electron chi connectivity index (χ2n) is 6.99. The number of benzene rings is 2. The Balaban J connectivity index is 1.47. The van der Waals surface area contributed by atoms with E-state index in [1.807, 2.05) is 18.2 Å². The van der Waals surface area contributed by atoms with Crippen LogP contribution >= 0.6 is 0 Å². The van der Waals surface area contributed by atoms with E-state index in [0.29, 0.717) is 48.2 Å². The third-order valence-electron chi connectivity index (χ3n) is 5.16. The summed E-state index contributed by atoms with van der Waals surface area (Å²) in [5.41, 5.74) is 1.26. The van der Waals surface area contributed by atoms with E-state index in [1.165, 1.54) is 6.07 Å². The van der Waals surface area contributed by atoms with Crippen LogP contribution in [0.2, 0.25) is 0 Å². The van der Waals surface area contributed by atoms with Gasteiger partial charge in [-0.15, -0.1) is 0 Å². The number of hydrogen-bond acceptors (Lipinski definition) is 3. The maximum Gasteiger partial charge on any atom is 0.217 e. The first kappa shape index (κ1) is 18.7. The molecule has 1 aliphatic rings. The standard InChI is InChI=1S/C22H21F3N2O/c23-14-16-7-4-8-18-19(13-20(24)26-21(16)18)28-17-9-11-27(12-10-17)22(25)15-5-2-1-3-6-15/h1-8,13,17,22H,9-12,14H2. The van der Waals surface area contributed by atoms with Crippen LogP contribution in [-0.4, -0.2) is 29.1 Å². The van der Waals surface area contributed by atoms with Crippen molar-refractivity contribution in [2.75, 3.05) is 13.1 Å². The van der Waals surface area contributed by atoms with E-state index in [0.717, 1.165) is 0 Å². The third kappa shape index (κ3) is 3.83. The number of nitrogens with zero attached hydrogens (tertiary/aromatic N) is 2. The van der Waals surface area contributed by atoms with E-state index in [1.54, 1.807) is 35.2 Å². The number of alkyl halides is 2. The first-order valence-corrected chi connectivity index (χ1v) is 9.39. The van der Waals surface area contributed by atoms with Crippen molar-refractivity contribution in [1.82, 2.24) is 9.88 Å².